The van der Waals surface area contributed by atoms with Gasteiger partial charge in [0.2, 0.25) is 0 Å². The van der Waals surface area contributed by atoms with E-state index in [0.29, 0.717) is 5.56 Å². The number of carbonyl (C=O) groups excluding carboxylic acids is 1. The molecule has 1 amide bonds. The SMILES string of the molecule is CN(C)c1ccccc1C(=O)NC1CS(=O)(=O)CC1O. The number of benzene rings is 1. The molecule has 1 aliphatic heterocycles. The molecule has 1 saturated heterocycles. The molecule has 0 radical (unpaired) electrons. The minimum Gasteiger partial charge on any atom is -0.390 e. The fraction of sp³-hybridized carbons (Fsp3) is 0.462. The second-order valence-corrected chi connectivity index (χ2v) is 7.29. The number of aliphatic hydroxyl groups excluding tert-OH is 1. The Labute approximate surface area is 118 Å². The number of sulfone groups is 1. The lowest BCUT2D eigenvalue weighted by molar-refractivity contribution is 0.0889. The van der Waals surface area contributed by atoms with Gasteiger partial charge in [0, 0.05) is 19.8 Å². The molecule has 2 atom stereocenters. The summed E-state index contributed by atoms with van der Waals surface area (Å²) in [5, 5.41) is 12.3. The molecule has 2 N–H and O–H groups in total. The molecule has 0 aliphatic carbocycles. The highest BCUT2D eigenvalue weighted by atomic mass is 32.2. The summed E-state index contributed by atoms with van der Waals surface area (Å²) in [7, 11) is 0.367. The maximum absolute atomic E-state index is 12.2. The van der Waals surface area contributed by atoms with Gasteiger partial charge in [-0.2, -0.15) is 0 Å². The molecule has 0 aromatic heterocycles. The summed E-state index contributed by atoms with van der Waals surface area (Å²) in [6, 6.07) is 6.28. The fourth-order valence-corrected chi connectivity index (χ4v) is 4.01. The lowest BCUT2D eigenvalue weighted by Gasteiger charge is -2.19. The Morgan fingerprint density at radius 3 is 2.50 bits per heavy atom. The molecule has 0 spiro atoms. The predicted octanol–water partition coefficient (Wildman–Crippen LogP) is -0.360. The second kappa shape index (κ2) is 5.41. The Morgan fingerprint density at radius 1 is 1.30 bits per heavy atom. The normalized spacial score (nSPS) is 24.4. The highest BCUT2D eigenvalue weighted by molar-refractivity contribution is 7.91. The Kier molecular flexibility index (Phi) is 4.01. The molecule has 0 bridgehead atoms. The number of hydrogen-bond acceptors (Lipinski definition) is 5. The van der Waals surface area contributed by atoms with Crippen LogP contribution >= 0.6 is 0 Å². The molecular formula is C13H18N2O4S. The highest BCUT2D eigenvalue weighted by Crippen LogP contribution is 2.19. The van der Waals surface area contributed by atoms with Crippen molar-refractivity contribution in [2.75, 3.05) is 30.5 Å². The smallest absolute Gasteiger partial charge is 0.253 e. The van der Waals surface area contributed by atoms with E-state index in [1.54, 1.807) is 23.1 Å². The predicted molar refractivity (Wildman–Crippen MR) is 76.7 cm³/mol. The van der Waals surface area contributed by atoms with Crippen LogP contribution in [0.4, 0.5) is 5.69 Å². The Morgan fingerprint density at radius 2 is 1.95 bits per heavy atom. The molecular weight excluding hydrogens is 280 g/mol. The molecule has 110 valence electrons. The zero-order valence-corrected chi connectivity index (χ0v) is 12.2. The highest BCUT2D eigenvalue weighted by Gasteiger charge is 2.37. The van der Waals surface area contributed by atoms with E-state index in [0.717, 1.165) is 5.69 Å². The van der Waals surface area contributed by atoms with Crippen molar-refractivity contribution in [3.05, 3.63) is 29.8 Å². The number of hydrogen-bond donors (Lipinski definition) is 2. The molecule has 1 aromatic rings. The molecule has 0 saturated carbocycles. The van der Waals surface area contributed by atoms with Gasteiger partial charge in [-0.25, -0.2) is 8.42 Å². The van der Waals surface area contributed by atoms with Gasteiger partial charge in [0.15, 0.2) is 9.84 Å². The summed E-state index contributed by atoms with van der Waals surface area (Å²) in [5.41, 5.74) is 1.19. The lowest BCUT2D eigenvalue weighted by Crippen LogP contribution is -2.42. The van der Waals surface area contributed by atoms with Gasteiger partial charge in [-0.3, -0.25) is 4.79 Å². The first-order valence-corrected chi connectivity index (χ1v) is 8.08. The van der Waals surface area contributed by atoms with Crippen LogP contribution in [-0.2, 0) is 9.84 Å². The van der Waals surface area contributed by atoms with Gasteiger partial charge < -0.3 is 15.3 Å². The minimum absolute atomic E-state index is 0.218. The van der Waals surface area contributed by atoms with Crippen LogP contribution in [0.1, 0.15) is 10.4 Å². The average molecular weight is 298 g/mol. The van der Waals surface area contributed by atoms with E-state index in [2.05, 4.69) is 5.32 Å². The van der Waals surface area contributed by atoms with Crippen molar-refractivity contribution in [1.29, 1.82) is 0 Å². The van der Waals surface area contributed by atoms with E-state index < -0.39 is 22.0 Å². The molecule has 1 heterocycles. The van der Waals surface area contributed by atoms with Crippen molar-refractivity contribution in [3.8, 4) is 0 Å². The summed E-state index contributed by atoms with van der Waals surface area (Å²) >= 11 is 0. The van der Waals surface area contributed by atoms with Crippen molar-refractivity contribution in [2.45, 2.75) is 12.1 Å². The Hall–Kier alpha value is -1.60. The first kappa shape index (κ1) is 14.8. The van der Waals surface area contributed by atoms with Crippen LogP contribution in [0.3, 0.4) is 0 Å². The standard InChI is InChI=1S/C13H18N2O4S/c1-15(2)11-6-4-3-5-9(11)13(17)14-10-7-20(18,19)8-12(10)16/h3-6,10,12,16H,7-8H2,1-2H3,(H,14,17). The number of carbonyl (C=O) groups is 1. The largest absolute Gasteiger partial charge is 0.390 e. The molecule has 2 unspecified atom stereocenters. The van der Waals surface area contributed by atoms with Crippen LogP contribution in [0.25, 0.3) is 0 Å². The number of para-hydroxylation sites is 1. The van der Waals surface area contributed by atoms with Crippen LogP contribution in [0, 0.1) is 0 Å². The van der Waals surface area contributed by atoms with E-state index in [-0.39, 0.29) is 17.4 Å². The van der Waals surface area contributed by atoms with E-state index >= 15 is 0 Å². The number of nitrogens with one attached hydrogen (secondary N) is 1. The first-order valence-electron chi connectivity index (χ1n) is 6.26. The monoisotopic (exact) mass is 298 g/mol. The van der Waals surface area contributed by atoms with Gasteiger partial charge in [0.25, 0.3) is 5.91 Å². The summed E-state index contributed by atoms with van der Waals surface area (Å²) < 4.78 is 22.9. The molecule has 6 nitrogen and oxygen atoms in total. The molecule has 1 aliphatic rings. The van der Waals surface area contributed by atoms with Gasteiger partial charge >= 0.3 is 0 Å². The van der Waals surface area contributed by atoms with Gasteiger partial charge in [-0.15, -0.1) is 0 Å². The summed E-state index contributed by atoms with van der Waals surface area (Å²) in [6.07, 6.45) is -1.05. The van der Waals surface area contributed by atoms with Gasteiger partial charge in [0.05, 0.1) is 29.2 Å². The van der Waals surface area contributed by atoms with Crippen LogP contribution in [0.5, 0.6) is 0 Å². The lowest BCUT2D eigenvalue weighted by atomic mass is 10.1. The zero-order chi connectivity index (χ0) is 14.9. The molecule has 1 aromatic carbocycles. The van der Waals surface area contributed by atoms with Gasteiger partial charge in [-0.1, -0.05) is 12.1 Å². The maximum Gasteiger partial charge on any atom is 0.253 e. The topological polar surface area (TPSA) is 86.7 Å². The van der Waals surface area contributed by atoms with Crippen LogP contribution in [0.2, 0.25) is 0 Å². The third-order valence-corrected chi connectivity index (χ3v) is 4.99. The maximum atomic E-state index is 12.2. The average Bonchev–Trinajstić information content (AvgIpc) is 2.62. The van der Waals surface area contributed by atoms with E-state index in [4.69, 9.17) is 0 Å². The quantitative estimate of drug-likeness (QED) is 0.796. The number of aliphatic hydroxyl groups is 1. The van der Waals surface area contributed by atoms with Crippen molar-refractivity contribution in [3.63, 3.8) is 0 Å². The zero-order valence-electron chi connectivity index (χ0n) is 11.4. The van der Waals surface area contributed by atoms with E-state index in [1.165, 1.54) is 0 Å². The van der Waals surface area contributed by atoms with E-state index in [1.807, 2.05) is 20.2 Å². The first-order chi connectivity index (χ1) is 9.30. The third kappa shape index (κ3) is 3.10. The number of anilines is 1. The third-order valence-electron chi connectivity index (χ3n) is 3.27. The van der Waals surface area contributed by atoms with Crippen molar-refractivity contribution < 1.29 is 18.3 Å². The van der Waals surface area contributed by atoms with Crippen molar-refractivity contribution >= 4 is 21.4 Å². The van der Waals surface area contributed by atoms with Crippen LogP contribution in [0.15, 0.2) is 24.3 Å². The second-order valence-electron chi connectivity index (χ2n) is 5.14. The van der Waals surface area contributed by atoms with Crippen LogP contribution in [-0.4, -0.2) is 57.2 Å². The molecule has 7 heteroatoms. The molecule has 1 fully saturated rings. The van der Waals surface area contributed by atoms with Gasteiger partial charge in [0.1, 0.15) is 0 Å². The minimum atomic E-state index is -3.27. The number of nitrogens with zero attached hydrogens (tertiary/aromatic N) is 1. The Bertz CT molecular complexity index is 613. The molecule has 20 heavy (non-hydrogen) atoms. The van der Waals surface area contributed by atoms with Crippen LogP contribution < -0.4 is 10.2 Å². The summed E-state index contributed by atoms with van der Waals surface area (Å²) in [4.78, 5) is 14.0. The molecule has 2 rings (SSSR count). The summed E-state index contributed by atoms with van der Waals surface area (Å²) in [5.74, 6) is -0.896. The number of amides is 1. The van der Waals surface area contributed by atoms with E-state index in [9.17, 15) is 18.3 Å². The Balaban J connectivity index is 2.18. The van der Waals surface area contributed by atoms with Crippen molar-refractivity contribution in [1.82, 2.24) is 5.32 Å². The van der Waals surface area contributed by atoms with Gasteiger partial charge in [-0.05, 0) is 12.1 Å². The fourth-order valence-electron chi connectivity index (χ4n) is 2.27. The van der Waals surface area contributed by atoms with Crippen molar-refractivity contribution in [2.24, 2.45) is 0 Å². The summed E-state index contributed by atoms with van der Waals surface area (Å²) in [6.45, 7) is 0. The number of rotatable bonds is 3.